The third-order valence-electron chi connectivity index (χ3n) is 3.88. The lowest BCUT2D eigenvalue weighted by molar-refractivity contribution is 0.0313. The lowest BCUT2D eigenvalue weighted by Gasteiger charge is -2.43. The maximum absolute atomic E-state index is 13.9. The molecule has 0 aliphatic carbocycles. The van der Waals surface area contributed by atoms with E-state index in [1.165, 1.54) is 4.90 Å². The predicted molar refractivity (Wildman–Crippen MR) is 74.5 cm³/mol. The molecule has 1 amide bonds. The van der Waals surface area contributed by atoms with Gasteiger partial charge in [0, 0.05) is 30.2 Å². The summed E-state index contributed by atoms with van der Waals surface area (Å²) in [6.45, 7) is 1.53. The van der Waals surface area contributed by atoms with Crippen molar-refractivity contribution in [1.29, 1.82) is 0 Å². The standard InChI is InChI=1S/C14H15F2NO3S/c15-8-1-2-10(18)13(16)12(8)14(19)17-4-6-21-11-7-20-5-3-9(11)17/h1-2,9,11,18H,3-7H2/t9-,11-/m0/s1. The smallest absolute Gasteiger partial charge is 0.260 e. The van der Waals surface area contributed by atoms with E-state index in [4.69, 9.17) is 4.74 Å². The van der Waals surface area contributed by atoms with Gasteiger partial charge >= 0.3 is 0 Å². The van der Waals surface area contributed by atoms with Crippen LogP contribution in [-0.2, 0) is 4.74 Å². The fraction of sp³-hybridized carbons (Fsp3) is 0.500. The second-order valence-corrected chi connectivity index (χ2v) is 6.44. The Kier molecular flexibility index (Phi) is 4.03. The summed E-state index contributed by atoms with van der Waals surface area (Å²) in [5, 5.41) is 9.51. The van der Waals surface area contributed by atoms with Gasteiger partial charge in [-0.2, -0.15) is 11.8 Å². The molecule has 2 aliphatic rings. The first-order valence-electron chi connectivity index (χ1n) is 6.77. The van der Waals surface area contributed by atoms with Gasteiger partial charge in [-0.25, -0.2) is 8.78 Å². The number of carbonyl (C=O) groups excluding carboxylic acids is 1. The van der Waals surface area contributed by atoms with E-state index in [0.717, 1.165) is 12.1 Å². The number of aromatic hydroxyl groups is 1. The summed E-state index contributed by atoms with van der Waals surface area (Å²) in [4.78, 5) is 14.1. The van der Waals surface area contributed by atoms with Crippen LogP contribution < -0.4 is 0 Å². The van der Waals surface area contributed by atoms with E-state index in [1.54, 1.807) is 11.8 Å². The third kappa shape index (κ3) is 2.60. The number of nitrogens with zero attached hydrogens (tertiary/aromatic N) is 1. The third-order valence-corrected chi connectivity index (χ3v) is 5.18. The first-order valence-corrected chi connectivity index (χ1v) is 7.81. The molecule has 0 saturated carbocycles. The molecule has 1 aromatic carbocycles. The van der Waals surface area contributed by atoms with Crippen LogP contribution >= 0.6 is 11.8 Å². The largest absolute Gasteiger partial charge is 0.505 e. The highest BCUT2D eigenvalue weighted by Crippen LogP contribution is 2.32. The number of thioether (sulfide) groups is 1. The van der Waals surface area contributed by atoms with E-state index in [0.29, 0.717) is 31.9 Å². The van der Waals surface area contributed by atoms with Crippen LogP contribution in [0.15, 0.2) is 12.1 Å². The lowest BCUT2D eigenvalue weighted by Crippen LogP contribution is -2.54. The highest BCUT2D eigenvalue weighted by molar-refractivity contribution is 8.00. The van der Waals surface area contributed by atoms with Gasteiger partial charge in [0.05, 0.1) is 6.61 Å². The number of benzene rings is 1. The van der Waals surface area contributed by atoms with E-state index in [-0.39, 0.29) is 11.3 Å². The molecule has 2 saturated heterocycles. The van der Waals surface area contributed by atoms with Crippen molar-refractivity contribution in [2.75, 3.05) is 25.5 Å². The van der Waals surface area contributed by atoms with Crippen molar-refractivity contribution in [2.24, 2.45) is 0 Å². The van der Waals surface area contributed by atoms with Crippen molar-refractivity contribution < 1.29 is 23.4 Å². The first kappa shape index (κ1) is 14.6. The number of carbonyl (C=O) groups is 1. The van der Waals surface area contributed by atoms with Crippen LogP contribution in [0.2, 0.25) is 0 Å². The molecule has 0 spiro atoms. The van der Waals surface area contributed by atoms with Crippen LogP contribution in [0.5, 0.6) is 5.75 Å². The fourth-order valence-electron chi connectivity index (χ4n) is 2.82. The summed E-state index contributed by atoms with van der Waals surface area (Å²) in [6.07, 6.45) is 0.658. The number of halogens is 2. The molecule has 0 aromatic heterocycles. The van der Waals surface area contributed by atoms with Gasteiger partial charge in [0.1, 0.15) is 11.4 Å². The monoisotopic (exact) mass is 315 g/mol. The Hall–Kier alpha value is -1.34. The van der Waals surface area contributed by atoms with Gasteiger partial charge in [0.15, 0.2) is 11.6 Å². The molecule has 0 bridgehead atoms. The minimum Gasteiger partial charge on any atom is -0.505 e. The Bertz CT molecular complexity index is 567. The van der Waals surface area contributed by atoms with Gasteiger partial charge < -0.3 is 14.7 Å². The van der Waals surface area contributed by atoms with Crippen LogP contribution in [0.4, 0.5) is 8.78 Å². The fourth-order valence-corrected chi connectivity index (χ4v) is 4.12. The van der Waals surface area contributed by atoms with Crippen molar-refractivity contribution in [3.05, 3.63) is 29.3 Å². The van der Waals surface area contributed by atoms with Gasteiger partial charge in [0.2, 0.25) is 0 Å². The van der Waals surface area contributed by atoms with Crippen molar-refractivity contribution in [3.8, 4) is 5.75 Å². The molecular weight excluding hydrogens is 300 g/mol. The summed E-state index contributed by atoms with van der Waals surface area (Å²) >= 11 is 1.72. The quantitative estimate of drug-likeness (QED) is 0.861. The van der Waals surface area contributed by atoms with Crippen molar-refractivity contribution in [2.45, 2.75) is 17.7 Å². The van der Waals surface area contributed by atoms with E-state index in [2.05, 4.69) is 0 Å². The van der Waals surface area contributed by atoms with E-state index in [9.17, 15) is 18.7 Å². The number of fused-ring (bicyclic) bond motifs is 1. The van der Waals surface area contributed by atoms with Crippen LogP contribution in [0.3, 0.4) is 0 Å². The minimum atomic E-state index is -1.19. The van der Waals surface area contributed by atoms with Crippen LogP contribution in [0.1, 0.15) is 16.8 Å². The molecule has 1 aromatic rings. The highest BCUT2D eigenvalue weighted by atomic mass is 32.2. The van der Waals surface area contributed by atoms with Crippen LogP contribution in [-0.4, -0.2) is 52.7 Å². The van der Waals surface area contributed by atoms with Gasteiger partial charge in [-0.05, 0) is 18.6 Å². The number of phenolic OH excluding ortho intramolecular Hbond substituents is 1. The zero-order valence-electron chi connectivity index (χ0n) is 11.2. The molecule has 2 heterocycles. The van der Waals surface area contributed by atoms with Gasteiger partial charge in [-0.1, -0.05) is 0 Å². The summed E-state index contributed by atoms with van der Waals surface area (Å²) in [6, 6.07) is 1.74. The summed E-state index contributed by atoms with van der Waals surface area (Å²) in [5.74, 6) is -2.84. The van der Waals surface area contributed by atoms with E-state index in [1.807, 2.05) is 0 Å². The zero-order chi connectivity index (χ0) is 15.0. The van der Waals surface area contributed by atoms with Crippen LogP contribution in [0, 0.1) is 11.6 Å². The number of hydrogen-bond donors (Lipinski definition) is 1. The molecule has 7 heteroatoms. The minimum absolute atomic E-state index is 0.0776. The van der Waals surface area contributed by atoms with Gasteiger partial charge in [-0.15, -0.1) is 0 Å². The second-order valence-electron chi connectivity index (χ2n) is 5.09. The number of rotatable bonds is 1. The molecule has 21 heavy (non-hydrogen) atoms. The number of phenols is 1. The van der Waals surface area contributed by atoms with Crippen molar-refractivity contribution in [3.63, 3.8) is 0 Å². The van der Waals surface area contributed by atoms with E-state index < -0.39 is 28.9 Å². The van der Waals surface area contributed by atoms with Crippen molar-refractivity contribution in [1.82, 2.24) is 4.90 Å². The SMILES string of the molecule is O=C(c1c(F)ccc(O)c1F)N1CCS[C@H]2COCC[C@@H]21. The lowest BCUT2D eigenvalue weighted by atomic mass is 10.0. The molecule has 1 N–H and O–H groups in total. The summed E-state index contributed by atoms with van der Waals surface area (Å²) in [5.41, 5.74) is -0.674. The Balaban J connectivity index is 1.92. The Morgan fingerprint density at radius 2 is 2.24 bits per heavy atom. The van der Waals surface area contributed by atoms with Gasteiger partial charge in [-0.3, -0.25) is 4.79 Å². The van der Waals surface area contributed by atoms with E-state index >= 15 is 0 Å². The molecule has 2 fully saturated rings. The maximum Gasteiger partial charge on any atom is 0.260 e. The average molecular weight is 315 g/mol. The number of amides is 1. The number of hydrogen-bond acceptors (Lipinski definition) is 4. The first-order chi connectivity index (χ1) is 10.1. The average Bonchev–Trinajstić information content (AvgIpc) is 2.50. The molecular formula is C14H15F2NO3S. The molecule has 114 valence electrons. The molecule has 4 nitrogen and oxygen atoms in total. The predicted octanol–water partition coefficient (Wildman–Crippen LogP) is 2.02. The van der Waals surface area contributed by atoms with Crippen molar-refractivity contribution >= 4 is 17.7 Å². The Labute approximate surface area is 125 Å². The highest BCUT2D eigenvalue weighted by Gasteiger charge is 2.38. The van der Waals surface area contributed by atoms with Gasteiger partial charge in [0.25, 0.3) is 5.91 Å². The Morgan fingerprint density at radius 1 is 1.43 bits per heavy atom. The topological polar surface area (TPSA) is 49.8 Å². The summed E-state index contributed by atoms with van der Waals surface area (Å²) in [7, 11) is 0. The number of ether oxygens (including phenoxy) is 1. The molecule has 0 unspecified atom stereocenters. The molecule has 3 rings (SSSR count). The molecule has 2 aliphatic heterocycles. The summed E-state index contributed by atoms with van der Waals surface area (Å²) < 4.78 is 33.1. The van der Waals surface area contributed by atoms with Crippen LogP contribution in [0.25, 0.3) is 0 Å². The Morgan fingerprint density at radius 3 is 3.05 bits per heavy atom. The normalized spacial score (nSPS) is 25.5. The second kappa shape index (κ2) is 5.81. The zero-order valence-corrected chi connectivity index (χ0v) is 12.0. The molecule has 0 radical (unpaired) electrons. The maximum atomic E-state index is 13.9. The molecule has 2 atom stereocenters.